The highest BCUT2D eigenvalue weighted by molar-refractivity contribution is 5.84. The molecule has 0 aliphatic heterocycles. The van der Waals surface area contributed by atoms with Gasteiger partial charge < -0.3 is 4.57 Å². The van der Waals surface area contributed by atoms with Crippen LogP contribution in [0.5, 0.6) is 0 Å². The predicted octanol–water partition coefficient (Wildman–Crippen LogP) is 5.15. The zero-order valence-corrected chi connectivity index (χ0v) is 12.6. The molecule has 0 amide bonds. The van der Waals surface area contributed by atoms with Gasteiger partial charge in [0.15, 0.2) is 0 Å². The van der Waals surface area contributed by atoms with Crippen molar-refractivity contribution >= 4 is 10.9 Å². The molecular formula is C18H24N2. The summed E-state index contributed by atoms with van der Waals surface area (Å²) in [5.41, 5.74) is 2.41. The average Bonchev–Trinajstić information content (AvgIpc) is 2.81. The predicted molar refractivity (Wildman–Crippen MR) is 84.6 cm³/mol. The highest BCUT2D eigenvalue weighted by Gasteiger charge is 2.16. The third-order valence-electron chi connectivity index (χ3n) is 4.06. The Kier molecular flexibility index (Phi) is 5.24. The van der Waals surface area contributed by atoms with Gasteiger partial charge in [-0.15, -0.1) is 0 Å². The molecular weight excluding hydrogens is 244 g/mol. The van der Waals surface area contributed by atoms with E-state index in [9.17, 15) is 5.26 Å². The Labute approximate surface area is 122 Å². The molecule has 1 aromatic heterocycles. The van der Waals surface area contributed by atoms with E-state index in [1.54, 1.807) is 0 Å². The third-order valence-corrected chi connectivity index (χ3v) is 4.06. The summed E-state index contributed by atoms with van der Waals surface area (Å²) in [6.07, 6.45) is 9.39. The van der Waals surface area contributed by atoms with Gasteiger partial charge in [0.05, 0.1) is 12.0 Å². The lowest BCUT2D eigenvalue weighted by Gasteiger charge is -2.08. The SMILES string of the molecule is CCCCCCCC(C#N)c1cn(C)c2ccccc12. The number of aryl methyl sites for hydroxylation is 1. The quantitative estimate of drug-likeness (QED) is 0.639. The summed E-state index contributed by atoms with van der Waals surface area (Å²) in [5.74, 6) is 0.0303. The summed E-state index contributed by atoms with van der Waals surface area (Å²) >= 11 is 0. The molecule has 0 saturated heterocycles. The molecule has 0 aliphatic rings. The second kappa shape index (κ2) is 7.14. The number of para-hydroxylation sites is 1. The molecule has 2 nitrogen and oxygen atoms in total. The minimum Gasteiger partial charge on any atom is -0.350 e. The van der Waals surface area contributed by atoms with Gasteiger partial charge in [-0.1, -0.05) is 57.2 Å². The monoisotopic (exact) mass is 268 g/mol. The van der Waals surface area contributed by atoms with Gasteiger partial charge in [-0.3, -0.25) is 0 Å². The van der Waals surface area contributed by atoms with Crippen molar-refractivity contribution in [1.82, 2.24) is 4.57 Å². The fraction of sp³-hybridized carbons (Fsp3) is 0.500. The van der Waals surface area contributed by atoms with E-state index in [-0.39, 0.29) is 5.92 Å². The van der Waals surface area contributed by atoms with Crippen LogP contribution in [0.1, 0.15) is 56.9 Å². The second-order valence-electron chi connectivity index (χ2n) is 5.60. The number of nitrogens with zero attached hydrogens (tertiary/aromatic N) is 2. The first kappa shape index (κ1) is 14.7. The van der Waals surface area contributed by atoms with E-state index in [1.807, 2.05) is 0 Å². The summed E-state index contributed by atoms with van der Waals surface area (Å²) in [5, 5.41) is 10.7. The number of fused-ring (bicyclic) bond motifs is 1. The Hall–Kier alpha value is -1.75. The molecule has 0 radical (unpaired) electrons. The molecule has 20 heavy (non-hydrogen) atoms. The lowest BCUT2D eigenvalue weighted by Crippen LogP contribution is -1.95. The number of benzene rings is 1. The Morgan fingerprint density at radius 2 is 1.90 bits per heavy atom. The normalized spacial score (nSPS) is 12.4. The number of hydrogen-bond acceptors (Lipinski definition) is 1. The molecule has 0 fully saturated rings. The van der Waals surface area contributed by atoms with Crippen molar-refractivity contribution in [3.63, 3.8) is 0 Å². The van der Waals surface area contributed by atoms with Gasteiger partial charge in [-0.25, -0.2) is 0 Å². The summed E-state index contributed by atoms with van der Waals surface area (Å²) < 4.78 is 2.13. The van der Waals surface area contributed by atoms with Crippen molar-refractivity contribution in [3.8, 4) is 6.07 Å². The second-order valence-corrected chi connectivity index (χ2v) is 5.60. The molecule has 1 unspecified atom stereocenters. The molecule has 0 aliphatic carbocycles. The molecule has 2 aromatic rings. The van der Waals surface area contributed by atoms with Crippen LogP contribution in [0.25, 0.3) is 10.9 Å². The molecule has 1 atom stereocenters. The Morgan fingerprint density at radius 1 is 1.15 bits per heavy atom. The van der Waals surface area contributed by atoms with E-state index >= 15 is 0 Å². The first-order valence-electron chi connectivity index (χ1n) is 7.71. The van der Waals surface area contributed by atoms with Gasteiger partial charge in [0.2, 0.25) is 0 Å². The van der Waals surface area contributed by atoms with E-state index in [0.717, 1.165) is 12.8 Å². The highest BCUT2D eigenvalue weighted by Crippen LogP contribution is 2.30. The van der Waals surface area contributed by atoms with Crippen molar-refractivity contribution in [2.45, 2.75) is 51.4 Å². The van der Waals surface area contributed by atoms with Gasteiger partial charge in [0, 0.05) is 24.1 Å². The minimum atomic E-state index is 0.0303. The Morgan fingerprint density at radius 3 is 2.65 bits per heavy atom. The maximum Gasteiger partial charge on any atom is 0.0733 e. The van der Waals surface area contributed by atoms with Gasteiger partial charge in [0.1, 0.15) is 0 Å². The smallest absolute Gasteiger partial charge is 0.0733 e. The molecule has 106 valence electrons. The van der Waals surface area contributed by atoms with Gasteiger partial charge in [-0.2, -0.15) is 5.26 Å². The topological polar surface area (TPSA) is 28.7 Å². The summed E-state index contributed by atoms with van der Waals surface area (Å²) in [6, 6.07) is 10.9. The van der Waals surface area contributed by atoms with E-state index in [2.05, 4.69) is 55.1 Å². The largest absolute Gasteiger partial charge is 0.350 e. The summed E-state index contributed by atoms with van der Waals surface area (Å²) in [4.78, 5) is 0. The van der Waals surface area contributed by atoms with E-state index in [1.165, 1.54) is 42.1 Å². The summed E-state index contributed by atoms with van der Waals surface area (Å²) in [6.45, 7) is 2.23. The zero-order chi connectivity index (χ0) is 14.4. The standard InChI is InChI=1S/C18H24N2/c1-3-4-5-6-7-10-15(13-19)17-14-20(2)18-12-9-8-11-16(17)18/h8-9,11-12,14-15H,3-7,10H2,1-2H3. The van der Waals surface area contributed by atoms with Crippen molar-refractivity contribution in [2.24, 2.45) is 7.05 Å². The van der Waals surface area contributed by atoms with Crippen LogP contribution in [0, 0.1) is 11.3 Å². The minimum absolute atomic E-state index is 0.0303. The number of unbranched alkanes of at least 4 members (excludes halogenated alkanes) is 4. The average molecular weight is 268 g/mol. The van der Waals surface area contributed by atoms with Crippen molar-refractivity contribution in [1.29, 1.82) is 5.26 Å². The van der Waals surface area contributed by atoms with Crippen LogP contribution in [0.4, 0.5) is 0 Å². The lowest BCUT2D eigenvalue weighted by molar-refractivity contribution is 0.590. The maximum absolute atomic E-state index is 9.49. The third kappa shape index (κ3) is 3.22. The molecule has 0 saturated carbocycles. The molecule has 2 rings (SSSR count). The van der Waals surface area contributed by atoms with Crippen LogP contribution in [0.15, 0.2) is 30.5 Å². The van der Waals surface area contributed by atoms with Crippen LogP contribution in [-0.2, 0) is 7.05 Å². The molecule has 0 N–H and O–H groups in total. The van der Waals surface area contributed by atoms with Gasteiger partial charge in [-0.05, 0) is 18.1 Å². The molecule has 2 heteroatoms. The van der Waals surface area contributed by atoms with Gasteiger partial charge >= 0.3 is 0 Å². The first-order valence-corrected chi connectivity index (χ1v) is 7.71. The van der Waals surface area contributed by atoms with E-state index in [0.29, 0.717) is 0 Å². The molecule has 0 bridgehead atoms. The van der Waals surface area contributed by atoms with Crippen molar-refractivity contribution < 1.29 is 0 Å². The summed E-state index contributed by atoms with van der Waals surface area (Å²) in [7, 11) is 2.06. The lowest BCUT2D eigenvalue weighted by atomic mass is 9.94. The number of nitriles is 1. The van der Waals surface area contributed by atoms with Crippen LogP contribution in [0.2, 0.25) is 0 Å². The van der Waals surface area contributed by atoms with Gasteiger partial charge in [0.25, 0.3) is 0 Å². The number of rotatable bonds is 7. The van der Waals surface area contributed by atoms with E-state index in [4.69, 9.17) is 0 Å². The molecule has 1 aromatic carbocycles. The van der Waals surface area contributed by atoms with Crippen LogP contribution in [-0.4, -0.2) is 4.57 Å². The van der Waals surface area contributed by atoms with Crippen molar-refractivity contribution in [2.75, 3.05) is 0 Å². The fourth-order valence-electron chi connectivity index (χ4n) is 2.89. The Bertz CT molecular complexity index is 589. The van der Waals surface area contributed by atoms with Crippen LogP contribution >= 0.6 is 0 Å². The molecule has 0 spiro atoms. The fourth-order valence-corrected chi connectivity index (χ4v) is 2.89. The highest BCUT2D eigenvalue weighted by atomic mass is 14.9. The number of hydrogen-bond donors (Lipinski definition) is 0. The molecule has 1 heterocycles. The maximum atomic E-state index is 9.49. The van der Waals surface area contributed by atoms with Crippen LogP contribution < -0.4 is 0 Å². The van der Waals surface area contributed by atoms with E-state index < -0.39 is 0 Å². The first-order chi connectivity index (χ1) is 9.77. The Balaban J connectivity index is 2.08. The zero-order valence-electron chi connectivity index (χ0n) is 12.6. The number of aromatic nitrogens is 1. The van der Waals surface area contributed by atoms with Crippen molar-refractivity contribution in [3.05, 3.63) is 36.0 Å². The van der Waals surface area contributed by atoms with Crippen LogP contribution in [0.3, 0.4) is 0 Å².